The summed E-state index contributed by atoms with van der Waals surface area (Å²) in [5.74, 6) is 0.973. The smallest absolute Gasteiger partial charge is 0.322 e. The number of aliphatic hydroxyl groups is 1. The van der Waals surface area contributed by atoms with Crippen LogP contribution in [0.25, 0.3) is 10.9 Å². The number of carbonyl (C=O) groups excluding carboxylic acids is 1. The fourth-order valence-electron chi connectivity index (χ4n) is 4.67. The number of carbonyl (C=O) groups is 1. The SMILES string of the molecule is CC(C)[C@@H]1Nc2nc(nc3ccccc23)CN2CCN(C(=O)Nc3ccccc3F)CC2NC1O. The van der Waals surface area contributed by atoms with Crippen LogP contribution in [0.15, 0.2) is 48.5 Å². The molecule has 4 N–H and O–H groups in total. The molecule has 10 heteroatoms. The lowest BCUT2D eigenvalue weighted by atomic mass is 10.0. The van der Waals surface area contributed by atoms with Gasteiger partial charge in [0.15, 0.2) is 0 Å². The summed E-state index contributed by atoms with van der Waals surface area (Å²) < 4.78 is 14.0. The molecule has 2 aliphatic heterocycles. The molecule has 184 valence electrons. The predicted molar refractivity (Wildman–Crippen MR) is 132 cm³/mol. The third-order valence-corrected chi connectivity index (χ3v) is 6.61. The highest BCUT2D eigenvalue weighted by atomic mass is 19.1. The number of amides is 2. The molecule has 9 nitrogen and oxygen atoms in total. The summed E-state index contributed by atoms with van der Waals surface area (Å²) >= 11 is 0. The van der Waals surface area contributed by atoms with Gasteiger partial charge in [0.25, 0.3) is 0 Å². The number of aromatic nitrogens is 2. The Morgan fingerprint density at radius 2 is 1.91 bits per heavy atom. The van der Waals surface area contributed by atoms with Crippen molar-refractivity contribution in [3.05, 3.63) is 60.2 Å². The molecule has 0 saturated carbocycles. The molecular weight excluding hydrogens is 449 g/mol. The van der Waals surface area contributed by atoms with Crippen LogP contribution in [0.5, 0.6) is 0 Å². The molecule has 3 aromatic rings. The van der Waals surface area contributed by atoms with Gasteiger partial charge in [-0.15, -0.1) is 0 Å². The summed E-state index contributed by atoms with van der Waals surface area (Å²) in [5.41, 5.74) is 0.977. The number of hydrogen-bond acceptors (Lipinski definition) is 7. The van der Waals surface area contributed by atoms with Crippen molar-refractivity contribution in [1.29, 1.82) is 0 Å². The maximum atomic E-state index is 14.0. The van der Waals surface area contributed by atoms with Gasteiger partial charge in [0.2, 0.25) is 0 Å². The lowest BCUT2D eigenvalue weighted by molar-refractivity contribution is 0.00646. The van der Waals surface area contributed by atoms with E-state index in [2.05, 4.69) is 20.9 Å². The van der Waals surface area contributed by atoms with Gasteiger partial charge in [0.05, 0.1) is 36.5 Å². The molecule has 35 heavy (non-hydrogen) atoms. The second-order valence-corrected chi connectivity index (χ2v) is 9.37. The number of hydrogen-bond donors (Lipinski definition) is 4. The Morgan fingerprint density at radius 1 is 1.14 bits per heavy atom. The Hall–Kier alpha value is -3.34. The van der Waals surface area contributed by atoms with Gasteiger partial charge in [-0.1, -0.05) is 38.1 Å². The molecule has 0 radical (unpaired) electrons. The Bertz CT molecular complexity index is 1220. The minimum Gasteiger partial charge on any atom is -0.376 e. The van der Waals surface area contributed by atoms with Crippen LogP contribution in [0, 0.1) is 11.7 Å². The fraction of sp³-hybridized carbons (Fsp3) is 0.400. The highest BCUT2D eigenvalue weighted by Gasteiger charge is 2.35. The Morgan fingerprint density at radius 3 is 2.71 bits per heavy atom. The van der Waals surface area contributed by atoms with E-state index in [1.807, 2.05) is 38.1 Å². The van der Waals surface area contributed by atoms with Gasteiger partial charge < -0.3 is 20.6 Å². The summed E-state index contributed by atoms with van der Waals surface area (Å²) in [7, 11) is 0. The largest absolute Gasteiger partial charge is 0.376 e. The molecule has 5 rings (SSSR count). The molecule has 3 atom stereocenters. The van der Waals surface area contributed by atoms with Gasteiger partial charge in [-0.3, -0.25) is 10.2 Å². The molecule has 2 aliphatic rings. The van der Waals surface area contributed by atoms with E-state index in [-0.39, 0.29) is 29.8 Å². The Balaban J connectivity index is 1.42. The Labute approximate surface area is 203 Å². The van der Waals surface area contributed by atoms with E-state index in [1.54, 1.807) is 17.0 Å². The highest BCUT2D eigenvalue weighted by molar-refractivity contribution is 5.90. The number of rotatable bonds is 2. The monoisotopic (exact) mass is 479 g/mol. The molecule has 2 unspecified atom stereocenters. The van der Waals surface area contributed by atoms with Crippen molar-refractivity contribution in [2.45, 2.75) is 38.8 Å². The normalized spacial score (nSPS) is 23.0. The van der Waals surface area contributed by atoms with E-state index >= 15 is 0 Å². The lowest BCUT2D eigenvalue weighted by Gasteiger charge is -2.44. The Kier molecular flexibility index (Phi) is 6.50. The van der Waals surface area contributed by atoms with Crippen LogP contribution in [-0.4, -0.2) is 69.0 Å². The number of halogens is 1. The fourth-order valence-corrected chi connectivity index (χ4v) is 4.67. The molecule has 1 fully saturated rings. The average Bonchev–Trinajstić information content (AvgIpc) is 2.84. The van der Waals surface area contributed by atoms with Crippen molar-refractivity contribution in [3.63, 3.8) is 0 Å². The van der Waals surface area contributed by atoms with Crippen molar-refractivity contribution in [2.75, 3.05) is 30.3 Å². The first-order valence-electron chi connectivity index (χ1n) is 11.9. The summed E-state index contributed by atoms with van der Waals surface area (Å²) in [6, 6.07) is 13.2. The number of fused-ring (bicyclic) bond motifs is 5. The highest BCUT2D eigenvalue weighted by Crippen LogP contribution is 2.25. The van der Waals surface area contributed by atoms with Crippen LogP contribution in [0.4, 0.5) is 20.7 Å². The van der Waals surface area contributed by atoms with Crippen LogP contribution in [0.1, 0.15) is 19.7 Å². The quantitative estimate of drug-likeness (QED) is 0.448. The average molecular weight is 480 g/mol. The van der Waals surface area contributed by atoms with Gasteiger partial charge in [-0.05, 0) is 30.2 Å². The summed E-state index contributed by atoms with van der Waals surface area (Å²) in [5, 5.41) is 21.5. The molecule has 0 aliphatic carbocycles. The number of anilines is 2. The predicted octanol–water partition coefficient (Wildman–Crippen LogP) is 2.80. The molecule has 2 bridgehead atoms. The van der Waals surface area contributed by atoms with Crippen molar-refractivity contribution < 1.29 is 14.3 Å². The minimum atomic E-state index is -0.896. The number of piperazine rings is 1. The topological polar surface area (TPSA) is 106 Å². The summed E-state index contributed by atoms with van der Waals surface area (Å²) in [4.78, 5) is 26.2. The van der Waals surface area contributed by atoms with Gasteiger partial charge in [-0.25, -0.2) is 19.2 Å². The maximum Gasteiger partial charge on any atom is 0.322 e. The third kappa shape index (κ3) is 4.90. The first kappa shape index (κ1) is 23.4. The molecule has 0 spiro atoms. The standard InChI is InChI=1S/C25H30FN7O2/c1-15(2)22-24(34)30-21-14-33(25(35)28-19-10-6-4-8-17(19)26)12-11-32(21)13-20-27-18-9-5-3-7-16(18)23(29-20)31-22/h3-10,15,21-22,24,30,34H,11-14H2,1-2H3,(H,28,35)(H,27,29,31)/t21?,22-,24?/m0/s1. The van der Waals surface area contributed by atoms with Crippen molar-refractivity contribution in [2.24, 2.45) is 5.92 Å². The second-order valence-electron chi connectivity index (χ2n) is 9.37. The van der Waals surface area contributed by atoms with Crippen molar-refractivity contribution in [3.8, 4) is 0 Å². The van der Waals surface area contributed by atoms with Crippen LogP contribution in [0.2, 0.25) is 0 Å². The van der Waals surface area contributed by atoms with Crippen molar-refractivity contribution in [1.82, 2.24) is 25.1 Å². The van der Waals surface area contributed by atoms with Crippen molar-refractivity contribution >= 4 is 28.4 Å². The number of nitrogens with one attached hydrogen (secondary N) is 3. The maximum absolute atomic E-state index is 14.0. The zero-order valence-corrected chi connectivity index (χ0v) is 19.8. The molecule has 1 saturated heterocycles. The molecule has 1 aromatic heterocycles. The molecule has 2 aromatic carbocycles. The molecule has 3 heterocycles. The number of nitrogens with zero attached hydrogens (tertiary/aromatic N) is 4. The first-order valence-corrected chi connectivity index (χ1v) is 11.9. The van der Waals surface area contributed by atoms with E-state index in [0.29, 0.717) is 37.8 Å². The number of urea groups is 1. The number of para-hydroxylation sites is 2. The number of aliphatic hydroxyl groups excluding tert-OH is 1. The van der Waals surface area contributed by atoms with Crippen LogP contribution < -0.4 is 16.0 Å². The summed E-state index contributed by atoms with van der Waals surface area (Å²) in [6.45, 7) is 5.82. The van der Waals surface area contributed by atoms with Crippen LogP contribution >= 0.6 is 0 Å². The van der Waals surface area contributed by atoms with E-state index < -0.39 is 12.0 Å². The van der Waals surface area contributed by atoms with Gasteiger partial charge in [0.1, 0.15) is 23.7 Å². The molecular formula is C25H30FN7O2. The van der Waals surface area contributed by atoms with Gasteiger partial charge in [-0.2, -0.15) is 0 Å². The van der Waals surface area contributed by atoms with Crippen LogP contribution in [0.3, 0.4) is 0 Å². The number of benzene rings is 2. The van der Waals surface area contributed by atoms with E-state index in [4.69, 9.17) is 9.97 Å². The molecule has 2 amide bonds. The second kappa shape index (κ2) is 9.73. The van der Waals surface area contributed by atoms with Crippen LogP contribution in [-0.2, 0) is 6.54 Å². The van der Waals surface area contributed by atoms with E-state index in [1.165, 1.54) is 12.1 Å². The first-order chi connectivity index (χ1) is 16.9. The zero-order valence-electron chi connectivity index (χ0n) is 19.8. The van der Waals surface area contributed by atoms with Gasteiger partial charge >= 0.3 is 6.03 Å². The van der Waals surface area contributed by atoms with E-state index in [9.17, 15) is 14.3 Å². The van der Waals surface area contributed by atoms with Gasteiger partial charge in [0, 0.05) is 18.5 Å². The third-order valence-electron chi connectivity index (χ3n) is 6.61. The zero-order chi connectivity index (χ0) is 24.5. The lowest BCUT2D eigenvalue weighted by Crippen LogP contribution is -2.64. The minimum absolute atomic E-state index is 0.0894. The van der Waals surface area contributed by atoms with E-state index in [0.717, 1.165) is 10.9 Å². The summed E-state index contributed by atoms with van der Waals surface area (Å²) in [6.07, 6.45) is -1.24.